The van der Waals surface area contributed by atoms with E-state index in [1.165, 1.54) is 256 Å². The summed E-state index contributed by atoms with van der Waals surface area (Å²) in [7, 11) is -0.986. The third kappa shape index (κ3) is 34.3. The Hall–Kier alpha value is 0.390. The van der Waals surface area contributed by atoms with Gasteiger partial charge < -0.3 is 5.11 Å². The fourth-order valence-electron chi connectivity index (χ4n) is 7.75. The van der Waals surface area contributed by atoms with Crippen LogP contribution in [0.2, 0.25) is 0 Å². The number of rotatable bonds is 41. The van der Waals surface area contributed by atoms with Gasteiger partial charge in [-0.05, 0) is 38.5 Å². The average Bonchev–Trinajstić information content (AvgIpc) is 3.06. The van der Waals surface area contributed by atoms with Crippen molar-refractivity contribution < 1.29 is 5.11 Å². The van der Waals surface area contributed by atoms with Crippen molar-refractivity contribution in [1.82, 2.24) is 0 Å². The normalized spacial score (nSPS) is 12.0. The molecule has 278 valence electrons. The quantitative estimate of drug-likeness (QED) is 0.0508. The van der Waals surface area contributed by atoms with E-state index >= 15 is 0 Å². The van der Waals surface area contributed by atoms with Gasteiger partial charge in [-0.1, -0.05) is 213 Å². The molecule has 0 aromatic heterocycles. The molecule has 0 amide bonds. The maximum atomic E-state index is 10.2. The van der Waals surface area contributed by atoms with Crippen molar-refractivity contribution in [3.63, 3.8) is 0 Å². The highest BCUT2D eigenvalue weighted by Gasteiger charge is 2.35. The van der Waals surface area contributed by atoms with Crippen molar-refractivity contribution in [2.24, 2.45) is 0 Å². The highest BCUT2D eigenvalue weighted by Crippen LogP contribution is 2.60. The summed E-state index contributed by atoms with van der Waals surface area (Å²) in [6.07, 6.45) is 57.7. The molecule has 0 fully saturated rings. The van der Waals surface area contributed by atoms with E-state index in [9.17, 15) is 5.11 Å². The van der Waals surface area contributed by atoms with E-state index in [-0.39, 0.29) is 0 Å². The summed E-state index contributed by atoms with van der Waals surface area (Å²) >= 11 is 0. The second-order valence-electron chi connectivity index (χ2n) is 15.6. The van der Waals surface area contributed by atoms with Crippen LogP contribution >= 0.6 is 7.26 Å². The molecule has 0 spiro atoms. The molecule has 1 nitrogen and oxygen atoms in total. The van der Waals surface area contributed by atoms with Crippen molar-refractivity contribution in [3.8, 4) is 0 Å². The molecule has 0 aromatic carbocycles. The lowest BCUT2D eigenvalue weighted by Gasteiger charge is -2.28. The summed E-state index contributed by atoms with van der Waals surface area (Å²) in [5, 5.41) is 10.2. The van der Waals surface area contributed by atoms with Gasteiger partial charge in [0.2, 0.25) is 0 Å². The van der Waals surface area contributed by atoms with Crippen LogP contribution in [0, 0.1) is 0 Å². The Morgan fingerprint density at radius 3 is 0.587 bits per heavy atom. The summed E-state index contributed by atoms with van der Waals surface area (Å²) in [5.41, 5.74) is 0. The van der Waals surface area contributed by atoms with Crippen LogP contribution in [0.25, 0.3) is 0 Å². The van der Waals surface area contributed by atoms with Crippen LogP contribution in [-0.4, -0.2) is 36.4 Å². The molecule has 0 radical (unpaired) electrons. The van der Waals surface area contributed by atoms with Crippen LogP contribution in [0.4, 0.5) is 0 Å². The minimum Gasteiger partial charge on any atom is -0.393 e. The Bertz CT molecular complexity index is 465. The first-order chi connectivity index (χ1) is 22.7. The standard InChI is InChI=1S/C44H92OP/c1-4-7-10-13-16-19-22-25-28-31-34-37-41-46(44-40-45,42-38-35-32-29-26-23-20-17-14-11-8-5-2)43-39-36-33-30-27-24-21-18-15-12-9-6-3/h45H,4-44H2,1-3H3/q+1. The Kier molecular flexibility index (Phi) is 40.2. The average molecular weight is 668 g/mol. The largest absolute Gasteiger partial charge is 0.393 e. The number of hydrogen-bond donors (Lipinski definition) is 1. The minimum absolute atomic E-state index is 0.447. The second-order valence-corrected chi connectivity index (χ2v) is 20.1. The highest BCUT2D eigenvalue weighted by atomic mass is 31.2. The maximum absolute atomic E-state index is 10.2. The van der Waals surface area contributed by atoms with Crippen LogP contribution in [0.5, 0.6) is 0 Å². The van der Waals surface area contributed by atoms with Crippen LogP contribution in [0.3, 0.4) is 0 Å². The van der Waals surface area contributed by atoms with Crippen LogP contribution in [0.1, 0.15) is 252 Å². The van der Waals surface area contributed by atoms with Crippen molar-refractivity contribution in [1.29, 1.82) is 0 Å². The highest BCUT2D eigenvalue weighted by molar-refractivity contribution is 7.75. The molecule has 0 unspecified atom stereocenters. The van der Waals surface area contributed by atoms with Gasteiger partial charge in [0.15, 0.2) is 0 Å². The third-order valence-electron chi connectivity index (χ3n) is 11.0. The zero-order valence-electron chi connectivity index (χ0n) is 32.9. The molecule has 0 atom stereocenters. The first-order valence-corrected chi connectivity index (χ1v) is 24.7. The Morgan fingerprint density at radius 2 is 0.413 bits per heavy atom. The molecule has 0 heterocycles. The molecule has 1 N–H and O–H groups in total. The van der Waals surface area contributed by atoms with Gasteiger partial charge in [0, 0.05) is 7.26 Å². The van der Waals surface area contributed by atoms with E-state index in [1.54, 1.807) is 0 Å². The van der Waals surface area contributed by atoms with Gasteiger partial charge in [0.1, 0.15) is 0 Å². The number of aliphatic hydroxyl groups excluding tert-OH is 1. The van der Waals surface area contributed by atoms with E-state index in [1.807, 2.05) is 0 Å². The van der Waals surface area contributed by atoms with E-state index in [4.69, 9.17) is 0 Å². The van der Waals surface area contributed by atoms with E-state index in [0.717, 1.165) is 0 Å². The van der Waals surface area contributed by atoms with Gasteiger partial charge in [-0.3, -0.25) is 0 Å². The smallest absolute Gasteiger partial charge is 0.0825 e. The zero-order chi connectivity index (χ0) is 33.5. The monoisotopic (exact) mass is 668 g/mol. The van der Waals surface area contributed by atoms with E-state index in [2.05, 4.69) is 20.8 Å². The van der Waals surface area contributed by atoms with Crippen molar-refractivity contribution in [2.45, 2.75) is 252 Å². The predicted molar refractivity (Wildman–Crippen MR) is 217 cm³/mol. The lowest BCUT2D eigenvalue weighted by molar-refractivity contribution is 0.320. The van der Waals surface area contributed by atoms with E-state index in [0.29, 0.717) is 6.61 Å². The summed E-state index contributed by atoms with van der Waals surface area (Å²) < 4.78 is 0. The van der Waals surface area contributed by atoms with Gasteiger partial charge in [-0.15, -0.1) is 0 Å². The second kappa shape index (κ2) is 39.8. The maximum Gasteiger partial charge on any atom is 0.0825 e. The molecule has 0 aliphatic carbocycles. The molecule has 0 aliphatic rings. The molecule has 0 bridgehead atoms. The van der Waals surface area contributed by atoms with Crippen LogP contribution in [-0.2, 0) is 0 Å². The van der Waals surface area contributed by atoms with Crippen molar-refractivity contribution in [3.05, 3.63) is 0 Å². The number of aliphatic hydroxyl groups is 1. The van der Waals surface area contributed by atoms with Gasteiger partial charge in [-0.2, -0.15) is 0 Å². The third-order valence-corrected chi connectivity index (χ3v) is 16.0. The van der Waals surface area contributed by atoms with Crippen LogP contribution in [0.15, 0.2) is 0 Å². The molecule has 46 heavy (non-hydrogen) atoms. The lowest BCUT2D eigenvalue weighted by Crippen LogP contribution is -2.15. The first kappa shape index (κ1) is 46.4. The molecule has 2 heteroatoms. The Morgan fingerprint density at radius 1 is 0.239 bits per heavy atom. The molecular weight excluding hydrogens is 575 g/mol. The van der Waals surface area contributed by atoms with Crippen molar-refractivity contribution in [2.75, 3.05) is 31.3 Å². The molecule has 0 aliphatic heterocycles. The zero-order valence-corrected chi connectivity index (χ0v) is 33.8. The molecule has 0 aromatic rings. The van der Waals surface area contributed by atoms with Gasteiger partial charge in [0.25, 0.3) is 0 Å². The van der Waals surface area contributed by atoms with Gasteiger partial charge in [-0.25, -0.2) is 0 Å². The van der Waals surface area contributed by atoms with Crippen LogP contribution < -0.4 is 0 Å². The summed E-state index contributed by atoms with van der Waals surface area (Å²) in [6.45, 7) is 7.39. The Labute approximate surface area is 294 Å². The summed E-state index contributed by atoms with van der Waals surface area (Å²) in [5.74, 6) is 0. The summed E-state index contributed by atoms with van der Waals surface area (Å²) in [6, 6.07) is 0. The Balaban J connectivity index is 4.34. The number of unbranched alkanes of at least 4 members (excludes halogenated alkanes) is 33. The van der Waals surface area contributed by atoms with E-state index < -0.39 is 7.26 Å². The van der Waals surface area contributed by atoms with Gasteiger partial charge >= 0.3 is 0 Å². The van der Waals surface area contributed by atoms with Gasteiger partial charge in [0.05, 0.1) is 31.3 Å². The topological polar surface area (TPSA) is 20.2 Å². The molecule has 0 saturated carbocycles. The fraction of sp³-hybridized carbons (Fsp3) is 1.00. The molecule has 0 rings (SSSR count). The minimum atomic E-state index is -0.986. The van der Waals surface area contributed by atoms with Crippen molar-refractivity contribution >= 4 is 7.26 Å². The first-order valence-electron chi connectivity index (χ1n) is 22.2. The molecule has 0 saturated heterocycles. The summed E-state index contributed by atoms with van der Waals surface area (Å²) in [4.78, 5) is 0. The SMILES string of the molecule is CCCCCCCCCCCCCC[P+](CCO)(CCCCCCCCCCCCCC)CCCCCCCCCCCCCC. The number of hydrogen-bond acceptors (Lipinski definition) is 1. The predicted octanol–water partition coefficient (Wildman–Crippen LogP) is 16.1. The lowest BCUT2D eigenvalue weighted by atomic mass is 10.1. The fourth-order valence-corrected chi connectivity index (χ4v) is 12.2. The molecular formula is C44H92OP+.